The lowest BCUT2D eigenvalue weighted by molar-refractivity contribution is 0.399. The molecule has 0 amide bonds. The lowest BCUT2D eigenvalue weighted by Gasteiger charge is -1.73. The van der Waals surface area contributed by atoms with Gasteiger partial charge in [-0.05, 0) is 6.07 Å². The molecule has 0 radical (unpaired) electrons. The summed E-state index contributed by atoms with van der Waals surface area (Å²) in [5.41, 5.74) is -0.0532. The molecule has 1 heterocycles. The second-order valence-corrected chi connectivity index (χ2v) is 1.23. The molecule has 1 aromatic heterocycles. The lowest BCUT2D eigenvalue weighted by Crippen LogP contribution is -1.98. The van der Waals surface area contributed by atoms with Crippen molar-refractivity contribution in [1.82, 2.24) is 4.98 Å². The van der Waals surface area contributed by atoms with E-state index in [0.717, 1.165) is 7.11 Å². The van der Waals surface area contributed by atoms with Gasteiger partial charge in [0.1, 0.15) is 0 Å². The molecule has 3 heteroatoms. The molecular weight excluding hydrogens is 118 g/mol. The molecule has 0 spiro atoms. The van der Waals surface area contributed by atoms with Crippen molar-refractivity contribution in [3.05, 3.63) is 34.7 Å². The predicted octanol–water partition coefficient (Wildman–Crippen LogP) is -0.0166. The van der Waals surface area contributed by atoms with E-state index in [2.05, 4.69) is 4.98 Å². The van der Waals surface area contributed by atoms with Gasteiger partial charge < -0.3 is 10.1 Å². The molecule has 0 aromatic carbocycles. The summed E-state index contributed by atoms with van der Waals surface area (Å²) in [4.78, 5) is 12.7. The third-order valence-corrected chi connectivity index (χ3v) is 0.681. The number of aromatic amines is 1. The van der Waals surface area contributed by atoms with E-state index in [1.807, 2.05) is 0 Å². The second kappa shape index (κ2) is 5.05. The number of H-pyrrole nitrogens is 1. The van der Waals surface area contributed by atoms with Crippen LogP contribution in [0.15, 0.2) is 29.2 Å². The second-order valence-electron chi connectivity index (χ2n) is 1.23. The Kier molecular flexibility index (Phi) is 4.44. The van der Waals surface area contributed by atoms with Crippen molar-refractivity contribution in [3.8, 4) is 0 Å². The number of nitrogens with one attached hydrogen (secondary N) is 1. The van der Waals surface area contributed by atoms with Gasteiger partial charge in [0.25, 0.3) is 0 Å². The highest BCUT2D eigenvalue weighted by molar-refractivity contribution is 4.89. The van der Waals surface area contributed by atoms with Crippen molar-refractivity contribution in [3.63, 3.8) is 0 Å². The van der Waals surface area contributed by atoms with Crippen molar-refractivity contribution < 1.29 is 5.11 Å². The first-order valence-corrected chi connectivity index (χ1v) is 2.48. The molecule has 0 saturated heterocycles. The van der Waals surface area contributed by atoms with E-state index in [9.17, 15) is 4.79 Å². The van der Waals surface area contributed by atoms with Crippen LogP contribution in [0.25, 0.3) is 0 Å². The van der Waals surface area contributed by atoms with E-state index in [1.165, 1.54) is 6.07 Å². The van der Waals surface area contributed by atoms with Gasteiger partial charge in [-0.15, -0.1) is 0 Å². The third-order valence-electron chi connectivity index (χ3n) is 0.681. The van der Waals surface area contributed by atoms with Gasteiger partial charge in [0, 0.05) is 19.4 Å². The Balaban J connectivity index is 0.000000291. The van der Waals surface area contributed by atoms with Crippen LogP contribution in [0, 0.1) is 0 Å². The average molecular weight is 127 g/mol. The van der Waals surface area contributed by atoms with Crippen LogP contribution in [0.2, 0.25) is 0 Å². The number of hydrogen-bond donors (Lipinski definition) is 2. The number of pyridine rings is 1. The molecule has 9 heavy (non-hydrogen) atoms. The fourth-order valence-corrected chi connectivity index (χ4v) is 0.377. The molecule has 1 aromatic rings. The van der Waals surface area contributed by atoms with E-state index in [-0.39, 0.29) is 5.56 Å². The minimum absolute atomic E-state index is 0.0532. The Morgan fingerprint density at radius 1 is 1.44 bits per heavy atom. The molecule has 0 saturated carbocycles. The molecule has 0 aliphatic rings. The zero-order valence-corrected chi connectivity index (χ0v) is 5.16. The predicted molar refractivity (Wildman–Crippen MR) is 35.2 cm³/mol. The minimum Gasteiger partial charge on any atom is -0.400 e. The molecule has 0 aliphatic heterocycles. The average Bonchev–Trinajstić information content (AvgIpc) is 1.94. The van der Waals surface area contributed by atoms with Crippen LogP contribution >= 0.6 is 0 Å². The van der Waals surface area contributed by atoms with Gasteiger partial charge in [0.05, 0.1) is 0 Å². The first-order valence-electron chi connectivity index (χ1n) is 2.48. The van der Waals surface area contributed by atoms with E-state index in [1.54, 1.807) is 18.3 Å². The SMILES string of the molecule is CO.O=c1cccc[nH]1. The van der Waals surface area contributed by atoms with Crippen LogP contribution in [0.5, 0.6) is 0 Å². The Bertz CT molecular complexity index is 177. The first-order chi connectivity index (χ1) is 4.39. The highest BCUT2D eigenvalue weighted by atomic mass is 16.2. The van der Waals surface area contributed by atoms with Crippen LogP contribution in [-0.2, 0) is 0 Å². The molecule has 3 nitrogen and oxygen atoms in total. The van der Waals surface area contributed by atoms with Gasteiger partial charge in [-0.3, -0.25) is 4.79 Å². The van der Waals surface area contributed by atoms with Crippen LogP contribution in [0.4, 0.5) is 0 Å². The molecule has 2 N–H and O–H groups in total. The van der Waals surface area contributed by atoms with Gasteiger partial charge in [-0.2, -0.15) is 0 Å². The zero-order valence-electron chi connectivity index (χ0n) is 5.16. The maximum Gasteiger partial charge on any atom is 0.247 e. The Morgan fingerprint density at radius 2 is 2.11 bits per heavy atom. The summed E-state index contributed by atoms with van der Waals surface area (Å²) < 4.78 is 0. The number of aliphatic hydroxyl groups is 1. The normalized spacial score (nSPS) is 7.33. The van der Waals surface area contributed by atoms with Crippen LogP contribution in [0.1, 0.15) is 0 Å². The maximum atomic E-state index is 10.2. The lowest BCUT2D eigenvalue weighted by atomic mass is 10.5. The Hall–Kier alpha value is -1.09. The van der Waals surface area contributed by atoms with Crippen molar-refractivity contribution in [1.29, 1.82) is 0 Å². The molecule has 50 valence electrons. The molecular formula is C6H9NO2. The summed E-state index contributed by atoms with van der Waals surface area (Å²) >= 11 is 0. The number of aliphatic hydroxyl groups excluding tert-OH is 1. The highest BCUT2D eigenvalue weighted by Gasteiger charge is 1.69. The summed E-state index contributed by atoms with van der Waals surface area (Å²) in [6.45, 7) is 0. The fraction of sp³-hybridized carbons (Fsp3) is 0.167. The topological polar surface area (TPSA) is 53.1 Å². The summed E-state index contributed by atoms with van der Waals surface area (Å²) in [5.74, 6) is 0. The minimum atomic E-state index is -0.0532. The van der Waals surface area contributed by atoms with Gasteiger partial charge in [0.2, 0.25) is 5.56 Å². The van der Waals surface area contributed by atoms with Crippen LogP contribution in [0.3, 0.4) is 0 Å². The maximum absolute atomic E-state index is 10.2. The quantitative estimate of drug-likeness (QED) is 0.514. The van der Waals surface area contributed by atoms with Crippen LogP contribution in [-0.4, -0.2) is 17.2 Å². The Labute approximate surface area is 53.0 Å². The number of aromatic nitrogens is 1. The highest BCUT2D eigenvalue weighted by Crippen LogP contribution is 1.67. The molecule has 0 bridgehead atoms. The van der Waals surface area contributed by atoms with E-state index >= 15 is 0 Å². The van der Waals surface area contributed by atoms with Crippen molar-refractivity contribution in [2.75, 3.05) is 7.11 Å². The van der Waals surface area contributed by atoms with Crippen molar-refractivity contribution in [2.45, 2.75) is 0 Å². The number of hydrogen-bond acceptors (Lipinski definition) is 2. The monoisotopic (exact) mass is 127 g/mol. The Morgan fingerprint density at radius 3 is 2.33 bits per heavy atom. The van der Waals surface area contributed by atoms with E-state index < -0.39 is 0 Å². The molecule has 0 fully saturated rings. The standard InChI is InChI=1S/C5H5NO.CH4O/c7-5-3-1-2-4-6-5;1-2/h1-4H,(H,6,7);2H,1H3. The van der Waals surface area contributed by atoms with Gasteiger partial charge in [-0.1, -0.05) is 6.07 Å². The van der Waals surface area contributed by atoms with Gasteiger partial charge in [0.15, 0.2) is 0 Å². The summed E-state index contributed by atoms with van der Waals surface area (Å²) in [6, 6.07) is 4.93. The molecule has 1 rings (SSSR count). The smallest absolute Gasteiger partial charge is 0.247 e. The molecule has 0 atom stereocenters. The van der Waals surface area contributed by atoms with Gasteiger partial charge in [-0.25, -0.2) is 0 Å². The zero-order chi connectivity index (χ0) is 7.11. The molecule has 0 unspecified atom stereocenters. The summed E-state index contributed by atoms with van der Waals surface area (Å²) in [5, 5.41) is 7.00. The largest absolute Gasteiger partial charge is 0.400 e. The summed E-state index contributed by atoms with van der Waals surface area (Å²) in [6.07, 6.45) is 1.60. The van der Waals surface area contributed by atoms with Crippen molar-refractivity contribution in [2.24, 2.45) is 0 Å². The summed E-state index contributed by atoms with van der Waals surface area (Å²) in [7, 11) is 1.00. The fourth-order valence-electron chi connectivity index (χ4n) is 0.377. The number of rotatable bonds is 0. The van der Waals surface area contributed by atoms with Crippen molar-refractivity contribution >= 4 is 0 Å². The third kappa shape index (κ3) is 3.49. The van der Waals surface area contributed by atoms with Gasteiger partial charge >= 0.3 is 0 Å². The molecule has 0 aliphatic carbocycles. The van der Waals surface area contributed by atoms with Crippen LogP contribution < -0.4 is 5.56 Å². The first kappa shape index (κ1) is 7.91. The van der Waals surface area contributed by atoms with E-state index in [0.29, 0.717) is 0 Å². The van der Waals surface area contributed by atoms with E-state index in [4.69, 9.17) is 5.11 Å².